The Morgan fingerprint density at radius 3 is 2.33 bits per heavy atom. The Bertz CT molecular complexity index is 553. The van der Waals surface area contributed by atoms with Crippen LogP contribution in [0, 0.1) is 6.92 Å². The Morgan fingerprint density at radius 1 is 1.00 bits per heavy atom. The van der Waals surface area contributed by atoms with Crippen LogP contribution in [0.2, 0.25) is 5.28 Å². The van der Waals surface area contributed by atoms with Crippen LogP contribution >= 0.6 is 11.6 Å². The van der Waals surface area contributed by atoms with Gasteiger partial charge in [-0.15, -0.1) is 0 Å². The Balaban J connectivity index is 2.50. The van der Waals surface area contributed by atoms with Gasteiger partial charge in [0.1, 0.15) is 0 Å². The third-order valence-electron chi connectivity index (χ3n) is 2.51. The van der Waals surface area contributed by atoms with Gasteiger partial charge in [0.25, 0.3) is 0 Å². The summed E-state index contributed by atoms with van der Waals surface area (Å²) in [6.45, 7) is 1.87. The molecule has 0 saturated carbocycles. The molecule has 1 aromatic heterocycles. The van der Waals surface area contributed by atoms with E-state index in [2.05, 4.69) is 9.97 Å². The summed E-state index contributed by atoms with van der Waals surface area (Å²) in [4.78, 5) is 8.23. The van der Waals surface area contributed by atoms with Gasteiger partial charge in [-0.3, -0.25) is 0 Å². The maximum Gasteiger partial charge on any atom is 0.223 e. The lowest BCUT2D eigenvalue weighted by Gasteiger charge is -2.09. The van der Waals surface area contributed by atoms with Crippen LogP contribution in [0.25, 0.3) is 11.3 Å². The van der Waals surface area contributed by atoms with Crippen molar-refractivity contribution in [1.82, 2.24) is 9.97 Å². The van der Waals surface area contributed by atoms with Crippen molar-refractivity contribution in [3.05, 3.63) is 35.2 Å². The first kappa shape index (κ1) is 12.6. The predicted octanol–water partition coefficient (Wildman–Crippen LogP) is 3.12. The molecule has 1 aromatic carbocycles. The number of aromatic nitrogens is 2. The van der Waals surface area contributed by atoms with Crippen LogP contribution in [0.15, 0.2) is 24.3 Å². The maximum atomic E-state index is 5.85. The molecule has 18 heavy (non-hydrogen) atoms. The van der Waals surface area contributed by atoms with Crippen LogP contribution in [0.4, 0.5) is 0 Å². The molecule has 1 heterocycles. The SMILES string of the molecule is COc1ccc(-c2cc(C)nc(Cl)n2)cc1OC. The topological polar surface area (TPSA) is 44.2 Å². The minimum atomic E-state index is 0.236. The number of hydrogen-bond acceptors (Lipinski definition) is 4. The monoisotopic (exact) mass is 264 g/mol. The van der Waals surface area contributed by atoms with Gasteiger partial charge < -0.3 is 9.47 Å². The minimum Gasteiger partial charge on any atom is -0.493 e. The van der Waals surface area contributed by atoms with Crippen LogP contribution in [-0.2, 0) is 0 Å². The smallest absolute Gasteiger partial charge is 0.223 e. The Morgan fingerprint density at radius 2 is 1.72 bits per heavy atom. The van der Waals surface area contributed by atoms with Gasteiger partial charge in [0.05, 0.1) is 19.9 Å². The Labute approximate surface area is 111 Å². The molecule has 0 spiro atoms. The van der Waals surface area contributed by atoms with Crippen LogP contribution in [0.3, 0.4) is 0 Å². The number of rotatable bonds is 3. The van der Waals surface area contributed by atoms with Crippen LogP contribution in [-0.4, -0.2) is 24.2 Å². The summed E-state index contributed by atoms with van der Waals surface area (Å²) >= 11 is 5.85. The summed E-state index contributed by atoms with van der Waals surface area (Å²) in [7, 11) is 3.20. The largest absolute Gasteiger partial charge is 0.493 e. The van der Waals surface area contributed by atoms with Crippen LogP contribution in [0.5, 0.6) is 11.5 Å². The number of benzene rings is 1. The van der Waals surface area contributed by atoms with Crippen molar-refractivity contribution in [2.24, 2.45) is 0 Å². The highest BCUT2D eigenvalue weighted by atomic mass is 35.5. The molecule has 0 atom stereocenters. The van der Waals surface area contributed by atoms with E-state index in [0.29, 0.717) is 11.5 Å². The quantitative estimate of drug-likeness (QED) is 0.799. The summed E-state index contributed by atoms with van der Waals surface area (Å²) in [5.41, 5.74) is 2.48. The first-order valence-electron chi connectivity index (χ1n) is 5.37. The molecule has 0 aliphatic rings. The van der Waals surface area contributed by atoms with Crippen molar-refractivity contribution in [3.8, 4) is 22.8 Å². The molecule has 2 aromatic rings. The summed E-state index contributed by atoms with van der Waals surface area (Å²) in [6, 6.07) is 7.46. The van der Waals surface area contributed by atoms with E-state index in [1.165, 1.54) is 0 Å². The highest BCUT2D eigenvalue weighted by Crippen LogP contribution is 2.31. The van der Waals surface area contributed by atoms with Crippen molar-refractivity contribution in [1.29, 1.82) is 0 Å². The second-order valence-corrected chi connectivity index (χ2v) is 4.07. The minimum absolute atomic E-state index is 0.236. The lowest BCUT2D eigenvalue weighted by atomic mass is 10.1. The molecular formula is C13H13ClN2O2. The normalized spacial score (nSPS) is 10.2. The highest BCUT2D eigenvalue weighted by molar-refractivity contribution is 6.28. The van der Waals surface area contributed by atoms with Gasteiger partial charge in [0.2, 0.25) is 5.28 Å². The van der Waals surface area contributed by atoms with Gasteiger partial charge >= 0.3 is 0 Å². The second kappa shape index (κ2) is 5.23. The maximum absolute atomic E-state index is 5.85. The molecule has 0 radical (unpaired) electrons. The molecule has 2 rings (SSSR count). The standard InChI is InChI=1S/C13H13ClN2O2/c1-8-6-10(16-13(14)15-8)9-4-5-11(17-2)12(7-9)18-3/h4-7H,1-3H3. The molecule has 0 saturated heterocycles. The lowest BCUT2D eigenvalue weighted by molar-refractivity contribution is 0.355. The molecule has 0 amide bonds. The molecular weight excluding hydrogens is 252 g/mol. The van der Waals surface area contributed by atoms with E-state index in [1.807, 2.05) is 31.2 Å². The van der Waals surface area contributed by atoms with E-state index in [9.17, 15) is 0 Å². The molecule has 0 aliphatic heterocycles. The first-order chi connectivity index (χ1) is 8.63. The van der Waals surface area contributed by atoms with Gasteiger partial charge in [-0.25, -0.2) is 9.97 Å². The fraction of sp³-hybridized carbons (Fsp3) is 0.231. The van der Waals surface area contributed by atoms with Gasteiger partial charge in [0.15, 0.2) is 11.5 Å². The summed E-state index contributed by atoms with van der Waals surface area (Å²) < 4.78 is 10.4. The Hall–Kier alpha value is -1.81. The number of nitrogens with zero attached hydrogens (tertiary/aromatic N) is 2. The summed E-state index contributed by atoms with van der Waals surface area (Å²) in [6.07, 6.45) is 0. The van der Waals surface area contributed by atoms with E-state index in [-0.39, 0.29) is 5.28 Å². The average molecular weight is 265 g/mol. The van der Waals surface area contributed by atoms with Gasteiger partial charge in [-0.1, -0.05) is 0 Å². The fourth-order valence-corrected chi connectivity index (χ4v) is 1.90. The average Bonchev–Trinajstić information content (AvgIpc) is 2.36. The van der Waals surface area contributed by atoms with E-state index >= 15 is 0 Å². The molecule has 4 nitrogen and oxygen atoms in total. The lowest BCUT2D eigenvalue weighted by Crippen LogP contribution is -1.93. The molecule has 5 heteroatoms. The third-order valence-corrected chi connectivity index (χ3v) is 2.68. The number of methoxy groups -OCH3 is 2. The van der Waals surface area contributed by atoms with E-state index in [1.54, 1.807) is 14.2 Å². The summed E-state index contributed by atoms with van der Waals surface area (Å²) in [5, 5.41) is 0.236. The van der Waals surface area contributed by atoms with E-state index in [0.717, 1.165) is 17.0 Å². The zero-order valence-corrected chi connectivity index (χ0v) is 11.2. The van der Waals surface area contributed by atoms with Crippen molar-refractivity contribution < 1.29 is 9.47 Å². The van der Waals surface area contributed by atoms with Crippen molar-refractivity contribution in [2.45, 2.75) is 6.92 Å². The molecule has 0 unspecified atom stereocenters. The number of aryl methyl sites for hydroxylation is 1. The van der Waals surface area contributed by atoms with E-state index in [4.69, 9.17) is 21.1 Å². The van der Waals surface area contributed by atoms with E-state index < -0.39 is 0 Å². The fourth-order valence-electron chi connectivity index (χ4n) is 1.68. The van der Waals surface area contributed by atoms with Crippen molar-refractivity contribution in [3.63, 3.8) is 0 Å². The number of halogens is 1. The molecule has 94 valence electrons. The molecule has 0 fully saturated rings. The highest BCUT2D eigenvalue weighted by Gasteiger charge is 2.08. The molecule has 0 aliphatic carbocycles. The van der Waals surface area contributed by atoms with Crippen molar-refractivity contribution >= 4 is 11.6 Å². The predicted molar refractivity (Wildman–Crippen MR) is 70.3 cm³/mol. The zero-order valence-electron chi connectivity index (χ0n) is 10.4. The molecule has 0 N–H and O–H groups in total. The van der Waals surface area contributed by atoms with Crippen molar-refractivity contribution in [2.75, 3.05) is 14.2 Å². The van der Waals surface area contributed by atoms with Gasteiger partial charge in [0, 0.05) is 11.3 Å². The van der Waals surface area contributed by atoms with Crippen LogP contribution < -0.4 is 9.47 Å². The van der Waals surface area contributed by atoms with Gasteiger partial charge in [-0.05, 0) is 42.8 Å². The molecule has 0 bridgehead atoms. The van der Waals surface area contributed by atoms with Gasteiger partial charge in [-0.2, -0.15) is 0 Å². The third kappa shape index (κ3) is 2.54. The summed E-state index contributed by atoms with van der Waals surface area (Å²) in [5.74, 6) is 1.33. The second-order valence-electron chi connectivity index (χ2n) is 3.73. The number of ether oxygens (including phenoxy) is 2. The number of hydrogen-bond donors (Lipinski definition) is 0. The zero-order chi connectivity index (χ0) is 13.1. The Kier molecular flexibility index (Phi) is 3.67. The first-order valence-corrected chi connectivity index (χ1v) is 5.75. The van der Waals surface area contributed by atoms with Crippen LogP contribution in [0.1, 0.15) is 5.69 Å².